The number of aryl methyl sites for hydroxylation is 3. The number of carbonyl (C=O) groups is 1. The summed E-state index contributed by atoms with van der Waals surface area (Å²) >= 11 is 1.60. The van der Waals surface area contributed by atoms with Crippen LogP contribution in [-0.4, -0.2) is 38.1 Å². The summed E-state index contributed by atoms with van der Waals surface area (Å²) in [5.41, 5.74) is 5.24. The van der Waals surface area contributed by atoms with E-state index in [1.165, 1.54) is 16.0 Å². The number of fused-ring (bicyclic) bond motifs is 1. The Morgan fingerprint density at radius 3 is 2.63 bits per heavy atom. The number of amides is 1. The van der Waals surface area contributed by atoms with Crippen LogP contribution in [0.2, 0.25) is 0 Å². The number of thiazole rings is 1. The Morgan fingerprint density at radius 1 is 1.15 bits per heavy atom. The molecule has 3 rings (SSSR count). The van der Waals surface area contributed by atoms with Crippen molar-refractivity contribution in [2.24, 2.45) is 0 Å². The van der Waals surface area contributed by atoms with Crippen LogP contribution in [-0.2, 0) is 0 Å². The van der Waals surface area contributed by atoms with Crippen molar-refractivity contribution in [3.05, 3.63) is 58.7 Å². The van der Waals surface area contributed by atoms with E-state index in [1.807, 2.05) is 36.1 Å². The number of rotatable bonds is 6. The van der Waals surface area contributed by atoms with E-state index in [2.05, 4.69) is 40.1 Å². The minimum Gasteiger partial charge on any atom is -0.340 e. The van der Waals surface area contributed by atoms with Crippen LogP contribution in [0.3, 0.4) is 0 Å². The third-order valence-electron chi connectivity index (χ3n) is 4.87. The van der Waals surface area contributed by atoms with Crippen molar-refractivity contribution < 1.29 is 9.69 Å². The lowest BCUT2D eigenvalue weighted by Gasteiger charge is -2.20. The second kappa shape index (κ2) is 8.19. The van der Waals surface area contributed by atoms with E-state index in [1.54, 1.807) is 11.3 Å². The third-order valence-corrected chi connectivity index (χ3v) is 5.92. The summed E-state index contributed by atoms with van der Waals surface area (Å²) in [6, 6.07) is 12.0. The highest BCUT2D eigenvalue weighted by molar-refractivity contribution is 7.22. The number of hydrogen-bond donors (Lipinski definition) is 1. The zero-order valence-electron chi connectivity index (χ0n) is 16.8. The number of benzene rings is 2. The van der Waals surface area contributed by atoms with E-state index < -0.39 is 0 Å². The number of hydrogen-bond acceptors (Lipinski definition) is 3. The van der Waals surface area contributed by atoms with Gasteiger partial charge in [-0.15, -0.1) is 0 Å². The van der Waals surface area contributed by atoms with Gasteiger partial charge in [0.15, 0.2) is 5.13 Å². The fourth-order valence-electron chi connectivity index (χ4n) is 3.14. The lowest BCUT2D eigenvalue weighted by molar-refractivity contribution is -0.858. The molecular weight excluding hydrogens is 354 g/mol. The van der Waals surface area contributed by atoms with Gasteiger partial charge >= 0.3 is 0 Å². The molecule has 27 heavy (non-hydrogen) atoms. The van der Waals surface area contributed by atoms with E-state index in [-0.39, 0.29) is 5.91 Å². The van der Waals surface area contributed by atoms with Crippen molar-refractivity contribution >= 4 is 32.6 Å². The molecule has 2 aromatic carbocycles. The first kappa shape index (κ1) is 19.5. The number of nitrogens with one attached hydrogen (secondary N) is 1. The van der Waals surface area contributed by atoms with Crippen LogP contribution < -0.4 is 9.80 Å². The molecular formula is C22H28N3OS+. The summed E-state index contributed by atoms with van der Waals surface area (Å²) in [6.07, 6.45) is 0.938. The molecule has 3 aromatic rings. The molecule has 0 spiro atoms. The average molecular weight is 383 g/mol. The van der Waals surface area contributed by atoms with Gasteiger partial charge in [-0.1, -0.05) is 35.1 Å². The van der Waals surface area contributed by atoms with Gasteiger partial charge in [0, 0.05) is 18.5 Å². The predicted octanol–water partition coefficient (Wildman–Crippen LogP) is 3.40. The molecule has 0 radical (unpaired) electrons. The first-order valence-corrected chi connectivity index (χ1v) is 10.2. The number of quaternary nitrogens is 1. The van der Waals surface area contributed by atoms with Crippen LogP contribution in [0.4, 0.5) is 5.13 Å². The van der Waals surface area contributed by atoms with Crippen LogP contribution in [0, 0.1) is 20.8 Å². The van der Waals surface area contributed by atoms with Gasteiger partial charge in [0.05, 0.1) is 30.9 Å². The van der Waals surface area contributed by atoms with Gasteiger partial charge in [-0.05, 0) is 50.1 Å². The molecule has 5 heteroatoms. The van der Waals surface area contributed by atoms with E-state index in [4.69, 9.17) is 4.98 Å². The van der Waals surface area contributed by atoms with Gasteiger partial charge < -0.3 is 4.90 Å². The van der Waals surface area contributed by atoms with Crippen LogP contribution >= 0.6 is 11.3 Å². The summed E-state index contributed by atoms with van der Waals surface area (Å²) in [5, 5.41) is 0.791. The summed E-state index contributed by atoms with van der Waals surface area (Å²) in [4.78, 5) is 21.4. The second-order valence-electron chi connectivity index (χ2n) is 7.49. The van der Waals surface area contributed by atoms with Crippen LogP contribution in [0.15, 0.2) is 36.4 Å². The molecule has 4 nitrogen and oxygen atoms in total. The Morgan fingerprint density at radius 2 is 1.93 bits per heavy atom. The van der Waals surface area contributed by atoms with E-state index in [9.17, 15) is 4.79 Å². The highest BCUT2D eigenvalue weighted by Gasteiger charge is 2.22. The van der Waals surface area contributed by atoms with Gasteiger partial charge in [0.2, 0.25) is 0 Å². The summed E-state index contributed by atoms with van der Waals surface area (Å²) in [5.74, 6) is 0.0286. The number of aromatic nitrogens is 1. The molecule has 1 N–H and O–H groups in total. The van der Waals surface area contributed by atoms with Crippen LogP contribution in [0.1, 0.15) is 33.5 Å². The number of nitrogens with zero attached hydrogens (tertiary/aromatic N) is 2. The Bertz CT molecular complexity index is 961. The molecule has 0 aliphatic carbocycles. The molecule has 0 aliphatic rings. The zero-order valence-corrected chi connectivity index (χ0v) is 17.6. The van der Waals surface area contributed by atoms with Crippen LogP contribution in [0.25, 0.3) is 10.2 Å². The van der Waals surface area contributed by atoms with Gasteiger partial charge in [-0.2, -0.15) is 0 Å². The second-order valence-corrected chi connectivity index (χ2v) is 8.50. The molecule has 0 aliphatic heterocycles. The molecule has 0 atom stereocenters. The molecule has 0 fully saturated rings. The van der Waals surface area contributed by atoms with Gasteiger partial charge in [-0.25, -0.2) is 4.98 Å². The highest BCUT2D eigenvalue weighted by atomic mass is 32.1. The van der Waals surface area contributed by atoms with E-state index in [0.29, 0.717) is 6.54 Å². The molecule has 0 saturated heterocycles. The Balaban J connectivity index is 1.98. The molecule has 1 aromatic heterocycles. The van der Waals surface area contributed by atoms with Crippen molar-refractivity contribution in [1.29, 1.82) is 0 Å². The van der Waals surface area contributed by atoms with Crippen molar-refractivity contribution in [1.82, 2.24) is 4.98 Å². The minimum absolute atomic E-state index is 0.0286. The Hall–Kier alpha value is -2.24. The molecule has 1 amide bonds. The smallest absolute Gasteiger partial charge is 0.260 e. The fraction of sp³-hybridized carbons (Fsp3) is 0.364. The first-order chi connectivity index (χ1) is 12.9. The molecule has 0 bridgehead atoms. The van der Waals surface area contributed by atoms with Gasteiger partial charge in [0.25, 0.3) is 5.91 Å². The van der Waals surface area contributed by atoms with E-state index in [0.717, 1.165) is 39.4 Å². The number of anilines is 1. The normalized spacial score (nSPS) is 11.3. The SMILES string of the molecule is Cc1cccc(C(=O)N(CCC[NH+](C)C)c2nc3c(C)c(C)ccc3s2)c1. The monoisotopic (exact) mass is 382 g/mol. The minimum atomic E-state index is 0.0286. The fourth-order valence-corrected chi connectivity index (χ4v) is 4.19. The maximum Gasteiger partial charge on any atom is 0.260 e. The summed E-state index contributed by atoms with van der Waals surface area (Å²) < 4.78 is 1.13. The maximum atomic E-state index is 13.3. The summed E-state index contributed by atoms with van der Waals surface area (Å²) in [6.45, 7) is 7.91. The van der Waals surface area contributed by atoms with Crippen molar-refractivity contribution in [3.63, 3.8) is 0 Å². The van der Waals surface area contributed by atoms with E-state index >= 15 is 0 Å². The quantitative estimate of drug-likeness (QED) is 0.709. The van der Waals surface area contributed by atoms with Crippen molar-refractivity contribution in [3.8, 4) is 0 Å². The topological polar surface area (TPSA) is 37.6 Å². The Kier molecular flexibility index (Phi) is 5.92. The lowest BCUT2D eigenvalue weighted by Crippen LogP contribution is -3.05. The van der Waals surface area contributed by atoms with Crippen molar-refractivity contribution in [2.75, 3.05) is 32.1 Å². The van der Waals surface area contributed by atoms with Crippen LogP contribution in [0.5, 0.6) is 0 Å². The predicted molar refractivity (Wildman–Crippen MR) is 114 cm³/mol. The largest absolute Gasteiger partial charge is 0.340 e. The lowest BCUT2D eigenvalue weighted by atomic mass is 10.1. The highest BCUT2D eigenvalue weighted by Crippen LogP contribution is 2.32. The molecule has 1 heterocycles. The standard InChI is InChI=1S/C22H27N3OS/c1-15-8-6-9-18(14-15)21(26)25(13-7-12-24(4)5)22-23-20-17(3)16(2)10-11-19(20)27-22/h6,8-11,14H,7,12-13H2,1-5H3/p+1. The average Bonchev–Trinajstić information content (AvgIpc) is 3.06. The molecule has 0 unspecified atom stereocenters. The first-order valence-electron chi connectivity index (χ1n) is 9.41. The zero-order chi connectivity index (χ0) is 19.6. The molecule has 142 valence electrons. The molecule has 0 saturated carbocycles. The van der Waals surface area contributed by atoms with Crippen molar-refractivity contribution in [2.45, 2.75) is 27.2 Å². The summed E-state index contributed by atoms with van der Waals surface area (Å²) in [7, 11) is 4.27. The third kappa shape index (κ3) is 4.37. The maximum absolute atomic E-state index is 13.3. The Labute approximate surface area is 165 Å². The van der Waals surface area contributed by atoms with Gasteiger partial charge in [0.1, 0.15) is 0 Å². The number of carbonyl (C=O) groups excluding carboxylic acids is 1. The van der Waals surface area contributed by atoms with Gasteiger partial charge in [-0.3, -0.25) is 9.69 Å².